The largest absolute Gasteiger partial charge is 0.496 e. The molecule has 1 unspecified atom stereocenters. The van der Waals surface area contributed by atoms with Crippen molar-refractivity contribution in [3.63, 3.8) is 0 Å². The van der Waals surface area contributed by atoms with Crippen LogP contribution in [0.2, 0.25) is 5.02 Å². The summed E-state index contributed by atoms with van der Waals surface area (Å²) in [6.07, 6.45) is 1.59. The lowest BCUT2D eigenvalue weighted by Gasteiger charge is -2.51. The van der Waals surface area contributed by atoms with Gasteiger partial charge in [-0.25, -0.2) is 0 Å². The third-order valence-electron chi connectivity index (χ3n) is 6.47. The van der Waals surface area contributed by atoms with Crippen molar-refractivity contribution in [3.8, 4) is 5.75 Å². The van der Waals surface area contributed by atoms with Crippen LogP contribution >= 0.6 is 11.6 Å². The van der Waals surface area contributed by atoms with Crippen molar-refractivity contribution in [2.75, 3.05) is 13.7 Å². The lowest BCUT2D eigenvalue weighted by Crippen LogP contribution is -2.56. The molecule has 0 radical (unpaired) electrons. The summed E-state index contributed by atoms with van der Waals surface area (Å²) < 4.78 is 5.47. The number of nitrogens with one attached hydrogen (secondary N) is 1. The number of hydrogen-bond acceptors (Lipinski definition) is 2. The number of ether oxygens (including phenoxy) is 1. The van der Waals surface area contributed by atoms with Crippen LogP contribution in [0.3, 0.4) is 0 Å². The summed E-state index contributed by atoms with van der Waals surface area (Å²) in [5.41, 5.74) is 3.45. The summed E-state index contributed by atoms with van der Waals surface area (Å²) in [6.45, 7) is 7.18. The zero-order valence-electron chi connectivity index (χ0n) is 17.4. The predicted molar refractivity (Wildman–Crippen MR) is 118 cm³/mol. The summed E-state index contributed by atoms with van der Waals surface area (Å²) in [5, 5.41) is 1.72. The van der Waals surface area contributed by atoms with E-state index < -0.39 is 5.54 Å². The molecule has 1 aromatic heterocycles. The maximum atomic E-state index is 13.8. The molecule has 4 nitrogen and oxygen atoms in total. The first kappa shape index (κ1) is 19.8. The van der Waals surface area contributed by atoms with E-state index in [1.54, 1.807) is 7.11 Å². The van der Waals surface area contributed by atoms with Gasteiger partial charge in [-0.1, -0.05) is 50.6 Å². The van der Waals surface area contributed by atoms with Gasteiger partial charge in [0.2, 0.25) is 0 Å². The second-order valence-corrected chi connectivity index (χ2v) is 8.42. The number of aromatic amines is 1. The smallest absolute Gasteiger partial charge is 0.271 e. The minimum atomic E-state index is -0.392. The molecule has 1 aliphatic heterocycles. The van der Waals surface area contributed by atoms with Crippen molar-refractivity contribution in [3.05, 3.63) is 64.3 Å². The number of amides is 1. The van der Waals surface area contributed by atoms with Crippen molar-refractivity contribution in [2.24, 2.45) is 5.92 Å². The third kappa shape index (κ3) is 2.93. The average Bonchev–Trinajstić information content (AvgIpc) is 3.16. The van der Waals surface area contributed by atoms with E-state index >= 15 is 0 Å². The lowest BCUT2D eigenvalue weighted by atomic mass is 9.71. The average molecular weight is 411 g/mol. The van der Waals surface area contributed by atoms with Crippen molar-refractivity contribution in [2.45, 2.75) is 39.2 Å². The molecule has 0 saturated carbocycles. The Morgan fingerprint density at radius 2 is 2.03 bits per heavy atom. The van der Waals surface area contributed by atoms with Crippen LogP contribution in [0, 0.1) is 5.92 Å². The summed E-state index contributed by atoms with van der Waals surface area (Å²) in [5.74, 6) is 1.02. The van der Waals surface area contributed by atoms with Crippen LogP contribution in [0.5, 0.6) is 5.75 Å². The number of carbonyl (C=O) groups excluding carboxylic acids is 1. The second-order valence-electron chi connectivity index (χ2n) is 8.01. The zero-order valence-corrected chi connectivity index (χ0v) is 18.1. The number of carbonyl (C=O) groups is 1. The standard InChI is InChI=1S/C24H27ClN2O2/c1-5-24(15(2)3)18-8-6-9-19(25)16(18)12-13-27(24)23(28)21-14-17-20(26-21)10-7-11-22(17)29-4/h6-11,14-15,26H,5,12-13H2,1-4H3. The highest BCUT2D eigenvalue weighted by Gasteiger charge is 2.46. The molecular weight excluding hydrogens is 384 g/mol. The molecule has 3 aromatic rings. The van der Waals surface area contributed by atoms with Gasteiger partial charge >= 0.3 is 0 Å². The van der Waals surface area contributed by atoms with Gasteiger partial charge in [0.15, 0.2) is 0 Å². The fourth-order valence-electron chi connectivity index (χ4n) is 5.05. The van der Waals surface area contributed by atoms with Gasteiger partial charge in [-0.05, 0) is 54.2 Å². The minimum Gasteiger partial charge on any atom is -0.496 e. The number of aromatic nitrogens is 1. The van der Waals surface area contributed by atoms with E-state index in [0.717, 1.165) is 34.5 Å². The van der Waals surface area contributed by atoms with Gasteiger partial charge in [0, 0.05) is 22.5 Å². The van der Waals surface area contributed by atoms with Crippen molar-refractivity contribution >= 4 is 28.4 Å². The molecule has 1 N–H and O–H groups in total. The van der Waals surface area contributed by atoms with Crippen molar-refractivity contribution in [1.29, 1.82) is 0 Å². The van der Waals surface area contributed by atoms with Crippen LogP contribution in [0.4, 0.5) is 0 Å². The molecule has 2 heterocycles. The van der Waals surface area contributed by atoms with Crippen LogP contribution in [0.25, 0.3) is 10.9 Å². The maximum absolute atomic E-state index is 13.8. The molecule has 0 aliphatic carbocycles. The summed E-state index contributed by atoms with van der Waals surface area (Å²) in [6, 6.07) is 13.8. The molecule has 29 heavy (non-hydrogen) atoms. The van der Waals surface area contributed by atoms with Gasteiger partial charge in [-0.15, -0.1) is 0 Å². The Balaban J connectivity index is 1.84. The number of rotatable bonds is 4. The Bertz CT molecular complexity index is 1070. The van der Waals surface area contributed by atoms with E-state index in [9.17, 15) is 4.79 Å². The predicted octanol–water partition coefficient (Wildman–Crippen LogP) is 5.79. The first-order valence-electron chi connectivity index (χ1n) is 10.2. The molecule has 5 heteroatoms. The molecule has 1 amide bonds. The monoisotopic (exact) mass is 410 g/mol. The van der Waals surface area contributed by atoms with Gasteiger partial charge in [0.25, 0.3) is 5.91 Å². The van der Waals surface area contributed by atoms with Gasteiger partial charge in [-0.2, -0.15) is 0 Å². The Hall–Kier alpha value is -2.46. The topological polar surface area (TPSA) is 45.3 Å². The van der Waals surface area contributed by atoms with E-state index in [2.05, 4.69) is 31.8 Å². The highest BCUT2D eigenvalue weighted by molar-refractivity contribution is 6.31. The molecule has 0 bridgehead atoms. The normalized spacial score (nSPS) is 18.9. The number of methoxy groups -OCH3 is 1. The summed E-state index contributed by atoms with van der Waals surface area (Å²) >= 11 is 6.54. The van der Waals surface area contributed by atoms with E-state index in [0.29, 0.717) is 12.2 Å². The Kier molecular flexibility index (Phi) is 5.07. The van der Waals surface area contributed by atoms with Gasteiger partial charge in [-0.3, -0.25) is 4.79 Å². The van der Waals surface area contributed by atoms with Crippen LogP contribution in [0.1, 0.15) is 48.8 Å². The quantitative estimate of drug-likeness (QED) is 0.591. The highest BCUT2D eigenvalue weighted by Crippen LogP contribution is 2.46. The number of H-pyrrole nitrogens is 1. The Morgan fingerprint density at radius 3 is 2.72 bits per heavy atom. The van der Waals surface area contributed by atoms with Gasteiger partial charge in [0.05, 0.1) is 12.6 Å². The highest BCUT2D eigenvalue weighted by atomic mass is 35.5. The molecule has 152 valence electrons. The van der Waals surface area contributed by atoms with E-state index in [-0.39, 0.29) is 11.8 Å². The lowest BCUT2D eigenvalue weighted by molar-refractivity contribution is 0.0203. The molecule has 4 rings (SSSR count). The molecule has 0 spiro atoms. The first-order chi connectivity index (χ1) is 13.9. The molecule has 1 aliphatic rings. The Labute approximate surface area is 176 Å². The Morgan fingerprint density at radius 1 is 1.28 bits per heavy atom. The summed E-state index contributed by atoms with van der Waals surface area (Å²) in [7, 11) is 1.65. The van der Waals surface area contributed by atoms with E-state index in [4.69, 9.17) is 16.3 Å². The zero-order chi connectivity index (χ0) is 20.8. The SMILES string of the molecule is CCC1(C(C)C)c2cccc(Cl)c2CCN1C(=O)c1cc2c(OC)cccc2[nH]1. The summed E-state index contributed by atoms with van der Waals surface area (Å²) in [4.78, 5) is 19.1. The second kappa shape index (κ2) is 7.42. The molecular formula is C24H27ClN2O2. The molecule has 0 saturated heterocycles. The van der Waals surface area contributed by atoms with Crippen LogP contribution in [0.15, 0.2) is 42.5 Å². The molecule has 2 aromatic carbocycles. The minimum absolute atomic E-state index is 0.0180. The maximum Gasteiger partial charge on any atom is 0.271 e. The molecule has 1 atom stereocenters. The van der Waals surface area contributed by atoms with Gasteiger partial charge in [0.1, 0.15) is 11.4 Å². The number of hydrogen-bond donors (Lipinski definition) is 1. The number of nitrogens with zero attached hydrogens (tertiary/aromatic N) is 1. The van der Waals surface area contributed by atoms with Crippen LogP contribution in [-0.2, 0) is 12.0 Å². The van der Waals surface area contributed by atoms with Crippen molar-refractivity contribution < 1.29 is 9.53 Å². The fraction of sp³-hybridized carbons (Fsp3) is 0.375. The van der Waals surface area contributed by atoms with Crippen LogP contribution in [-0.4, -0.2) is 29.4 Å². The van der Waals surface area contributed by atoms with Crippen molar-refractivity contribution in [1.82, 2.24) is 9.88 Å². The van der Waals surface area contributed by atoms with Crippen LogP contribution < -0.4 is 4.74 Å². The van der Waals surface area contributed by atoms with E-state index in [1.807, 2.05) is 41.3 Å². The van der Waals surface area contributed by atoms with E-state index in [1.165, 1.54) is 11.1 Å². The number of benzene rings is 2. The molecule has 0 fully saturated rings. The number of fused-ring (bicyclic) bond motifs is 2. The first-order valence-corrected chi connectivity index (χ1v) is 10.6. The number of halogens is 1. The fourth-order valence-corrected chi connectivity index (χ4v) is 5.32. The third-order valence-corrected chi connectivity index (χ3v) is 6.82. The van der Waals surface area contributed by atoms with Gasteiger partial charge < -0.3 is 14.6 Å².